The molecule has 21 heavy (non-hydrogen) atoms. The number of hydrogen-bond donors (Lipinski definition) is 3. The molecule has 0 aliphatic rings. The van der Waals surface area contributed by atoms with Gasteiger partial charge in [0, 0.05) is 5.02 Å². The number of carbonyl (C=O) groups excluding carboxylic acids is 1. The van der Waals surface area contributed by atoms with Gasteiger partial charge in [-0.05, 0) is 31.0 Å². The van der Waals surface area contributed by atoms with Gasteiger partial charge >= 0.3 is 5.97 Å². The van der Waals surface area contributed by atoms with Gasteiger partial charge in [0.05, 0.1) is 12.6 Å². The maximum Gasteiger partial charge on any atom is 0.320 e. The van der Waals surface area contributed by atoms with Gasteiger partial charge in [0.15, 0.2) is 0 Å². The Morgan fingerprint density at radius 3 is 2.43 bits per heavy atom. The lowest BCUT2D eigenvalue weighted by molar-refractivity contribution is -0.139. The summed E-state index contributed by atoms with van der Waals surface area (Å²) in [6.07, 6.45) is 1.24. The van der Waals surface area contributed by atoms with Crippen LogP contribution in [0.3, 0.4) is 0 Å². The number of carboxylic acids is 1. The third-order valence-electron chi connectivity index (χ3n) is 3.13. The molecule has 0 spiro atoms. The van der Waals surface area contributed by atoms with E-state index in [1.165, 1.54) is 0 Å². The third-order valence-corrected chi connectivity index (χ3v) is 3.38. The molecule has 0 saturated carbocycles. The summed E-state index contributed by atoms with van der Waals surface area (Å²) in [7, 11) is 0. The second-order valence-corrected chi connectivity index (χ2v) is 5.34. The second-order valence-electron chi connectivity index (χ2n) is 4.90. The van der Waals surface area contributed by atoms with Crippen LogP contribution in [0.5, 0.6) is 0 Å². The lowest BCUT2D eigenvalue weighted by atomic mass is 10.1. The zero-order valence-corrected chi connectivity index (χ0v) is 13.0. The van der Waals surface area contributed by atoms with E-state index < -0.39 is 12.0 Å². The van der Waals surface area contributed by atoms with Crippen molar-refractivity contribution in [2.45, 2.75) is 38.8 Å². The maximum atomic E-state index is 11.8. The Balaban J connectivity index is 2.45. The van der Waals surface area contributed by atoms with Crippen molar-refractivity contribution in [2.75, 3.05) is 6.54 Å². The first-order valence-corrected chi connectivity index (χ1v) is 7.32. The molecule has 2 atom stereocenters. The lowest BCUT2D eigenvalue weighted by Gasteiger charge is -2.17. The Morgan fingerprint density at radius 1 is 1.29 bits per heavy atom. The molecule has 0 fully saturated rings. The Kier molecular flexibility index (Phi) is 7.19. The van der Waals surface area contributed by atoms with Crippen LogP contribution in [0, 0.1) is 0 Å². The van der Waals surface area contributed by atoms with Gasteiger partial charge < -0.3 is 10.4 Å². The molecule has 0 radical (unpaired) electrons. The van der Waals surface area contributed by atoms with Gasteiger partial charge in [-0.1, -0.05) is 37.1 Å². The van der Waals surface area contributed by atoms with Gasteiger partial charge in [0.2, 0.25) is 5.91 Å². The van der Waals surface area contributed by atoms with Gasteiger partial charge in [-0.15, -0.1) is 0 Å². The number of amides is 1. The highest BCUT2D eigenvalue weighted by atomic mass is 35.5. The standard InChI is InChI=1S/C15H21ClN2O3/c1-3-4-13(15(20)21)17-9-14(19)18-10(2)11-5-7-12(16)8-6-11/h5-8,10,13,17H,3-4,9H2,1-2H3,(H,18,19)(H,20,21). The Morgan fingerprint density at radius 2 is 1.90 bits per heavy atom. The van der Waals surface area contributed by atoms with Crippen molar-refractivity contribution in [1.82, 2.24) is 10.6 Å². The summed E-state index contributed by atoms with van der Waals surface area (Å²) in [6, 6.07) is 6.37. The third kappa shape index (κ3) is 6.14. The SMILES string of the molecule is CCCC(NCC(=O)NC(C)c1ccc(Cl)cc1)C(=O)O. The zero-order valence-electron chi connectivity index (χ0n) is 12.2. The van der Waals surface area contributed by atoms with Crippen LogP contribution in [0.1, 0.15) is 38.3 Å². The molecule has 0 aliphatic heterocycles. The summed E-state index contributed by atoms with van der Waals surface area (Å²) in [4.78, 5) is 22.8. The minimum atomic E-state index is -0.935. The van der Waals surface area contributed by atoms with Crippen LogP contribution < -0.4 is 10.6 Å². The van der Waals surface area contributed by atoms with Crippen molar-refractivity contribution < 1.29 is 14.7 Å². The van der Waals surface area contributed by atoms with E-state index in [9.17, 15) is 9.59 Å². The molecule has 2 unspecified atom stereocenters. The highest BCUT2D eigenvalue weighted by molar-refractivity contribution is 6.30. The number of nitrogens with one attached hydrogen (secondary N) is 2. The Hall–Kier alpha value is -1.59. The normalized spacial score (nSPS) is 13.5. The summed E-state index contributed by atoms with van der Waals surface area (Å²) in [5, 5.41) is 15.2. The van der Waals surface area contributed by atoms with Crippen LogP contribution in [-0.2, 0) is 9.59 Å². The number of benzene rings is 1. The van der Waals surface area contributed by atoms with Gasteiger partial charge in [-0.3, -0.25) is 14.9 Å². The Labute approximate surface area is 129 Å². The van der Waals surface area contributed by atoms with Crippen molar-refractivity contribution in [3.05, 3.63) is 34.9 Å². The van der Waals surface area contributed by atoms with Crippen molar-refractivity contribution in [3.63, 3.8) is 0 Å². The van der Waals surface area contributed by atoms with Crippen LogP contribution in [0.25, 0.3) is 0 Å². The van der Waals surface area contributed by atoms with E-state index in [2.05, 4.69) is 10.6 Å². The summed E-state index contributed by atoms with van der Waals surface area (Å²) >= 11 is 5.81. The molecule has 0 heterocycles. The van der Waals surface area contributed by atoms with Crippen molar-refractivity contribution in [2.24, 2.45) is 0 Å². The zero-order chi connectivity index (χ0) is 15.8. The number of carbonyl (C=O) groups is 2. The molecule has 0 aliphatic carbocycles. The number of halogens is 1. The van der Waals surface area contributed by atoms with E-state index in [1.807, 2.05) is 26.0 Å². The highest BCUT2D eigenvalue weighted by Gasteiger charge is 2.17. The molecule has 0 aromatic heterocycles. The minimum Gasteiger partial charge on any atom is -0.480 e. The van der Waals surface area contributed by atoms with Gasteiger partial charge in [-0.2, -0.15) is 0 Å². The van der Waals surface area contributed by atoms with Crippen molar-refractivity contribution in [3.8, 4) is 0 Å². The maximum absolute atomic E-state index is 11.8. The van der Waals surface area contributed by atoms with Crippen molar-refractivity contribution in [1.29, 1.82) is 0 Å². The fourth-order valence-electron chi connectivity index (χ4n) is 1.94. The molecule has 6 heteroatoms. The smallest absolute Gasteiger partial charge is 0.320 e. The first-order chi connectivity index (χ1) is 9.93. The van der Waals surface area contributed by atoms with E-state index >= 15 is 0 Å². The van der Waals surface area contributed by atoms with Crippen LogP contribution >= 0.6 is 11.6 Å². The fraction of sp³-hybridized carbons (Fsp3) is 0.467. The largest absolute Gasteiger partial charge is 0.480 e. The Bertz CT molecular complexity index is 476. The lowest BCUT2D eigenvalue weighted by Crippen LogP contribution is -2.43. The molecule has 0 saturated heterocycles. The monoisotopic (exact) mass is 312 g/mol. The molecule has 116 valence electrons. The van der Waals surface area contributed by atoms with E-state index in [0.717, 1.165) is 12.0 Å². The van der Waals surface area contributed by atoms with Crippen LogP contribution in [-0.4, -0.2) is 29.6 Å². The average Bonchev–Trinajstić information content (AvgIpc) is 2.43. The fourth-order valence-corrected chi connectivity index (χ4v) is 2.07. The number of rotatable bonds is 8. The van der Waals surface area contributed by atoms with E-state index in [-0.39, 0.29) is 18.5 Å². The number of hydrogen-bond acceptors (Lipinski definition) is 3. The summed E-state index contributed by atoms with van der Waals surface area (Å²) < 4.78 is 0. The summed E-state index contributed by atoms with van der Waals surface area (Å²) in [5.41, 5.74) is 0.941. The first-order valence-electron chi connectivity index (χ1n) is 6.95. The quantitative estimate of drug-likeness (QED) is 0.688. The molecule has 5 nitrogen and oxygen atoms in total. The number of carboxylic acid groups (broad SMARTS) is 1. The molecule has 1 aromatic carbocycles. The summed E-state index contributed by atoms with van der Waals surface area (Å²) in [5.74, 6) is -1.17. The molecular weight excluding hydrogens is 292 g/mol. The molecule has 1 rings (SSSR count). The van der Waals surface area contributed by atoms with Gasteiger partial charge in [0.1, 0.15) is 6.04 Å². The molecule has 3 N–H and O–H groups in total. The summed E-state index contributed by atoms with van der Waals surface area (Å²) in [6.45, 7) is 3.75. The minimum absolute atomic E-state index is 0.0190. The molecule has 0 bridgehead atoms. The predicted octanol–water partition coefficient (Wildman–Crippen LogP) is 2.36. The molecular formula is C15H21ClN2O3. The van der Waals surface area contributed by atoms with Crippen LogP contribution in [0.2, 0.25) is 5.02 Å². The van der Waals surface area contributed by atoms with Crippen molar-refractivity contribution >= 4 is 23.5 Å². The molecule has 1 aromatic rings. The highest BCUT2D eigenvalue weighted by Crippen LogP contribution is 2.15. The number of aliphatic carboxylic acids is 1. The van der Waals surface area contributed by atoms with Gasteiger partial charge in [-0.25, -0.2) is 0 Å². The topological polar surface area (TPSA) is 78.4 Å². The van der Waals surface area contributed by atoms with E-state index in [0.29, 0.717) is 11.4 Å². The predicted molar refractivity (Wildman–Crippen MR) is 82.3 cm³/mol. The van der Waals surface area contributed by atoms with Gasteiger partial charge in [0.25, 0.3) is 0 Å². The first kappa shape index (κ1) is 17.5. The second kappa shape index (κ2) is 8.64. The van der Waals surface area contributed by atoms with Crippen LogP contribution in [0.15, 0.2) is 24.3 Å². The van der Waals surface area contributed by atoms with Crippen LogP contribution in [0.4, 0.5) is 0 Å². The van der Waals surface area contributed by atoms with E-state index in [4.69, 9.17) is 16.7 Å². The van der Waals surface area contributed by atoms with E-state index in [1.54, 1.807) is 12.1 Å². The molecule has 1 amide bonds. The average molecular weight is 313 g/mol.